The van der Waals surface area contributed by atoms with E-state index in [1.54, 1.807) is 28.6 Å². The van der Waals surface area contributed by atoms with Gasteiger partial charge in [0.2, 0.25) is 16.8 Å². The highest BCUT2D eigenvalue weighted by molar-refractivity contribution is 7.88. The molecule has 0 aromatic heterocycles. The van der Waals surface area contributed by atoms with Gasteiger partial charge in [0, 0.05) is 51.4 Å². The number of ether oxygens (including phenoxy) is 2. The molecule has 1 amide bonds. The van der Waals surface area contributed by atoms with Crippen molar-refractivity contribution < 1.29 is 22.7 Å². The normalized spacial score (nSPS) is 19.4. The molecule has 2 saturated heterocycles. The summed E-state index contributed by atoms with van der Waals surface area (Å²) in [4.78, 5) is 17.2. The van der Waals surface area contributed by atoms with Gasteiger partial charge in [0.1, 0.15) is 0 Å². The summed E-state index contributed by atoms with van der Waals surface area (Å²) in [5.74, 6) is 1.56. The van der Waals surface area contributed by atoms with Crippen molar-refractivity contribution in [2.75, 3.05) is 46.1 Å². The molecule has 2 fully saturated rings. The van der Waals surface area contributed by atoms with Crippen LogP contribution in [0.5, 0.6) is 11.5 Å². The molecule has 3 aliphatic heterocycles. The smallest absolute Gasteiger partial charge is 0.253 e. The van der Waals surface area contributed by atoms with Gasteiger partial charge in [-0.05, 0) is 48.2 Å². The van der Waals surface area contributed by atoms with Gasteiger partial charge in [-0.3, -0.25) is 9.69 Å². The van der Waals surface area contributed by atoms with Crippen LogP contribution < -0.4 is 9.47 Å². The number of amides is 1. The first-order chi connectivity index (χ1) is 16.5. The highest BCUT2D eigenvalue weighted by atomic mass is 32.2. The van der Waals surface area contributed by atoms with Crippen molar-refractivity contribution >= 4 is 15.9 Å². The van der Waals surface area contributed by atoms with Gasteiger partial charge in [0.15, 0.2) is 11.5 Å². The first-order valence-electron chi connectivity index (χ1n) is 11.9. The van der Waals surface area contributed by atoms with E-state index in [2.05, 4.69) is 11.0 Å². The minimum atomic E-state index is -3.31. The fourth-order valence-electron chi connectivity index (χ4n) is 4.78. The summed E-state index contributed by atoms with van der Waals surface area (Å²) in [5.41, 5.74) is 2.48. The molecule has 0 aliphatic carbocycles. The molecule has 3 aliphatic rings. The van der Waals surface area contributed by atoms with Crippen LogP contribution in [0.25, 0.3) is 0 Å². The zero-order valence-corrected chi connectivity index (χ0v) is 20.1. The van der Waals surface area contributed by atoms with E-state index in [4.69, 9.17) is 9.47 Å². The highest BCUT2D eigenvalue weighted by Gasteiger charge is 2.25. The maximum atomic E-state index is 13.0. The number of hydrogen-bond acceptors (Lipinski definition) is 6. The van der Waals surface area contributed by atoms with Gasteiger partial charge in [-0.2, -0.15) is 0 Å². The molecule has 0 unspecified atom stereocenters. The molecular formula is C25H31N3O5S. The Morgan fingerprint density at radius 1 is 0.794 bits per heavy atom. The van der Waals surface area contributed by atoms with Gasteiger partial charge >= 0.3 is 0 Å². The second kappa shape index (κ2) is 9.93. The Kier molecular flexibility index (Phi) is 6.76. The standard InChI is InChI=1S/C25H31N3O5S/c29-25(22-7-4-20(5-8-22)18-34(30,31)28-10-2-1-3-11-28)27-14-12-26(13-15-27)17-21-6-9-23-24(16-21)33-19-32-23/h4-9,16H,1-3,10-15,17-19H2. The van der Waals surface area contributed by atoms with Crippen LogP contribution in [0.2, 0.25) is 0 Å². The fourth-order valence-corrected chi connectivity index (χ4v) is 6.39. The lowest BCUT2D eigenvalue weighted by Crippen LogP contribution is -2.48. The third kappa shape index (κ3) is 5.21. The molecule has 5 rings (SSSR count). The Morgan fingerprint density at radius 3 is 2.21 bits per heavy atom. The van der Waals surface area contributed by atoms with E-state index in [9.17, 15) is 13.2 Å². The van der Waals surface area contributed by atoms with Crippen molar-refractivity contribution in [1.29, 1.82) is 0 Å². The SMILES string of the molecule is O=C(c1ccc(CS(=O)(=O)N2CCCCC2)cc1)N1CCN(Cc2ccc3c(c2)OCO3)CC1. The van der Waals surface area contributed by atoms with E-state index >= 15 is 0 Å². The molecule has 2 aromatic carbocycles. The summed E-state index contributed by atoms with van der Waals surface area (Å²) < 4.78 is 37.8. The fraction of sp³-hybridized carbons (Fsp3) is 0.480. The third-order valence-electron chi connectivity index (χ3n) is 6.76. The summed E-state index contributed by atoms with van der Waals surface area (Å²) in [5, 5.41) is 0. The van der Waals surface area contributed by atoms with E-state index in [-0.39, 0.29) is 18.5 Å². The highest BCUT2D eigenvalue weighted by Crippen LogP contribution is 2.33. The lowest BCUT2D eigenvalue weighted by atomic mass is 10.1. The molecule has 0 radical (unpaired) electrons. The number of carbonyl (C=O) groups is 1. The van der Waals surface area contributed by atoms with Crippen LogP contribution in [0.4, 0.5) is 0 Å². The lowest BCUT2D eigenvalue weighted by molar-refractivity contribution is 0.0628. The van der Waals surface area contributed by atoms with Crippen LogP contribution in [0.1, 0.15) is 40.7 Å². The Labute approximate surface area is 201 Å². The van der Waals surface area contributed by atoms with Gasteiger partial charge in [-0.25, -0.2) is 12.7 Å². The van der Waals surface area contributed by atoms with Crippen molar-refractivity contribution in [2.45, 2.75) is 31.6 Å². The first kappa shape index (κ1) is 23.1. The summed E-state index contributed by atoms with van der Waals surface area (Å²) >= 11 is 0. The van der Waals surface area contributed by atoms with Gasteiger partial charge in [0.25, 0.3) is 5.91 Å². The van der Waals surface area contributed by atoms with Crippen molar-refractivity contribution in [1.82, 2.24) is 14.1 Å². The molecule has 3 heterocycles. The van der Waals surface area contributed by atoms with Crippen molar-refractivity contribution in [3.63, 3.8) is 0 Å². The van der Waals surface area contributed by atoms with Crippen LogP contribution in [-0.2, 0) is 22.3 Å². The molecule has 0 spiro atoms. The van der Waals surface area contributed by atoms with Gasteiger partial charge in [-0.1, -0.05) is 24.6 Å². The van der Waals surface area contributed by atoms with E-state index in [1.165, 1.54) is 5.56 Å². The average molecular weight is 486 g/mol. The Bertz CT molecular complexity index is 1120. The van der Waals surface area contributed by atoms with E-state index < -0.39 is 10.0 Å². The molecule has 0 saturated carbocycles. The number of rotatable bonds is 6. The molecule has 0 atom stereocenters. The number of piperazine rings is 1. The zero-order chi connectivity index (χ0) is 23.5. The van der Waals surface area contributed by atoms with Crippen LogP contribution >= 0.6 is 0 Å². The first-order valence-corrected chi connectivity index (χ1v) is 13.6. The Balaban J connectivity index is 1.13. The molecule has 0 bridgehead atoms. The van der Waals surface area contributed by atoms with Gasteiger partial charge in [0.05, 0.1) is 5.75 Å². The van der Waals surface area contributed by atoms with Crippen molar-refractivity contribution in [2.24, 2.45) is 0 Å². The minimum Gasteiger partial charge on any atom is -0.454 e. The molecule has 8 nitrogen and oxygen atoms in total. The summed E-state index contributed by atoms with van der Waals surface area (Å²) in [7, 11) is -3.31. The predicted molar refractivity (Wildman–Crippen MR) is 128 cm³/mol. The maximum absolute atomic E-state index is 13.0. The topological polar surface area (TPSA) is 79.4 Å². The molecule has 182 valence electrons. The number of fused-ring (bicyclic) bond motifs is 1. The van der Waals surface area contributed by atoms with Crippen LogP contribution in [0.3, 0.4) is 0 Å². The predicted octanol–water partition coefficient (Wildman–Crippen LogP) is 2.69. The molecule has 9 heteroatoms. The number of benzene rings is 2. The van der Waals surface area contributed by atoms with Gasteiger partial charge < -0.3 is 14.4 Å². The van der Waals surface area contributed by atoms with Crippen LogP contribution in [-0.4, -0.2) is 74.5 Å². The number of hydrogen-bond donors (Lipinski definition) is 0. The number of carbonyl (C=O) groups excluding carboxylic acids is 1. The second-order valence-electron chi connectivity index (χ2n) is 9.17. The van der Waals surface area contributed by atoms with Crippen LogP contribution in [0.15, 0.2) is 42.5 Å². The maximum Gasteiger partial charge on any atom is 0.253 e. The number of nitrogens with zero attached hydrogens (tertiary/aromatic N) is 3. The van der Waals surface area contributed by atoms with Gasteiger partial charge in [-0.15, -0.1) is 0 Å². The lowest BCUT2D eigenvalue weighted by Gasteiger charge is -2.34. The summed E-state index contributed by atoms with van der Waals surface area (Å²) in [6, 6.07) is 13.1. The summed E-state index contributed by atoms with van der Waals surface area (Å²) in [6.07, 6.45) is 2.95. The molecule has 0 N–H and O–H groups in total. The van der Waals surface area contributed by atoms with Crippen molar-refractivity contribution in [3.8, 4) is 11.5 Å². The van der Waals surface area contributed by atoms with Crippen LogP contribution in [0, 0.1) is 0 Å². The average Bonchev–Trinajstić information content (AvgIpc) is 3.33. The summed E-state index contributed by atoms with van der Waals surface area (Å²) in [6.45, 7) is 5.22. The van der Waals surface area contributed by atoms with Crippen molar-refractivity contribution in [3.05, 3.63) is 59.2 Å². The molecule has 2 aromatic rings. The Hall–Kier alpha value is -2.62. The number of piperidine rings is 1. The Morgan fingerprint density at radius 2 is 1.47 bits per heavy atom. The quantitative estimate of drug-likeness (QED) is 0.626. The van der Waals surface area contributed by atoms with E-state index in [0.717, 1.165) is 56.0 Å². The third-order valence-corrected chi connectivity index (χ3v) is 8.61. The zero-order valence-electron chi connectivity index (χ0n) is 19.3. The minimum absolute atomic E-state index is 0.00633. The number of sulfonamides is 1. The monoisotopic (exact) mass is 485 g/mol. The molecule has 34 heavy (non-hydrogen) atoms. The largest absolute Gasteiger partial charge is 0.454 e. The molecular weight excluding hydrogens is 454 g/mol. The van der Waals surface area contributed by atoms with E-state index in [1.807, 2.05) is 17.0 Å². The van der Waals surface area contributed by atoms with E-state index in [0.29, 0.717) is 31.7 Å². The second-order valence-corrected chi connectivity index (χ2v) is 11.1.